The molecule has 0 radical (unpaired) electrons. The van der Waals surface area contributed by atoms with Gasteiger partial charge in [0.25, 0.3) is 0 Å². The van der Waals surface area contributed by atoms with Gasteiger partial charge in [0.2, 0.25) is 0 Å². The van der Waals surface area contributed by atoms with Gasteiger partial charge in [0, 0.05) is 11.4 Å². The quantitative estimate of drug-likeness (QED) is 0.640. The number of benzene rings is 2. The summed E-state index contributed by atoms with van der Waals surface area (Å²) in [6.45, 7) is 0.823. The van der Waals surface area contributed by atoms with Gasteiger partial charge in [0.15, 0.2) is 0 Å². The van der Waals surface area contributed by atoms with Crippen LogP contribution in [0.25, 0.3) is 0 Å². The van der Waals surface area contributed by atoms with E-state index in [9.17, 15) is 0 Å². The molecule has 1 heterocycles. The molecule has 1 atom stereocenters. The molecule has 1 aliphatic rings. The number of nitrogens with two attached hydrogens (primary N) is 2. The molecular weight excluding hydrogens is 224 g/mol. The van der Waals surface area contributed by atoms with Crippen molar-refractivity contribution in [3.05, 3.63) is 59.2 Å². The van der Waals surface area contributed by atoms with E-state index in [1.54, 1.807) is 0 Å². The standard InChI is InChI=1S/C15H16N2O/c16-12-5-6-14(17)11(8-12)7-10-3-1-2-4-13(10)15-9-18-15/h1-6,8,15H,7,9,16-17H2. The average molecular weight is 240 g/mol. The molecule has 1 aliphatic heterocycles. The molecule has 3 rings (SSSR count). The first-order valence-electron chi connectivity index (χ1n) is 6.07. The minimum Gasteiger partial charge on any atom is -0.399 e. The minimum absolute atomic E-state index is 0.267. The summed E-state index contributed by atoms with van der Waals surface area (Å²) >= 11 is 0. The van der Waals surface area contributed by atoms with Crippen molar-refractivity contribution >= 4 is 11.4 Å². The predicted octanol–water partition coefficient (Wildman–Crippen LogP) is 2.51. The van der Waals surface area contributed by atoms with E-state index in [4.69, 9.17) is 16.2 Å². The van der Waals surface area contributed by atoms with Crippen molar-refractivity contribution in [1.82, 2.24) is 0 Å². The summed E-state index contributed by atoms with van der Waals surface area (Å²) in [4.78, 5) is 0. The Morgan fingerprint density at radius 2 is 1.83 bits per heavy atom. The van der Waals surface area contributed by atoms with Gasteiger partial charge in [-0.05, 0) is 41.3 Å². The van der Waals surface area contributed by atoms with Crippen LogP contribution in [0, 0.1) is 0 Å². The lowest BCUT2D eigenvalue weighted by Gasteiger charge is -2.10. The zero-order valence-corrected chi connectivity index (χ0v) is 10.1. The third-order valence-electron chi connectivity index (χ3n) is 3.28. The second-order valence-corrected chi connectivity index (χ2v) is 4.66. The molecule has 1 unspecified atom stereocenters. The lowest BCUT2D eigenvalue weighted by atomic mass is 9.97. The molecule has 1 fully saturated rings. The highest BCUT2D eigenvalue weighted by molar-refractivity contribution is 5.57. The average Bonchev–Trinajstić information content (AvgIpc) is 3.19. The number of hydrogen-bond acceptors (Lipinski definition) is 3. The summed E-state index contributed by atoms with van der Waals surface area (Å²) < 4.78 is 5.37. The smallest absolute Gasteiger partial charge is 0.106 e. The minimum atomic E-state index is 0.267. The SMILES string of the molecule is Nc1ccc(N)c(Cc2ccccc2C2CO2)c1. The number of ether oxygens (including phenoxy) is 1. The third kappa shape index (κ3) is 2.17. The Morgan fingerprint density at radius 3 is 2.61 bits per heavy atom. The molecule has 0 bridgehead atoms. The van der Waals surface area contributed by atoms with Crippen LogP contribution in [0.15, 0.2) is 42.5 Å². The van der Waals surface area contributed by atoms with Crippen LogP contribution < -0.4 is 11.5 Å². The normalized spacial score (nSPS) is 17.7. The summed E-state index contributed by atoms with van der Waals surface area (Å²) in [5, 5.41) is 0. The monoisotopic (exact) mass is 240 g/mol. The molecule has 2 aromatic carbocycles. The van der Waals surface area contributed by atoms with Crippen LogP contribution >= 0.6 is 0 Å². The molecule has 0 saturated carbocycles. The van der Waals surface area contributed by atoms with Crippen LogP contribution in [0.4, 0.5) is 11.4 Å². The number of rotatable bonds is 3. The van der Waals surface area contributed by atoms with Crippen LogP contribution in [-0.4, -0.2) is 6.61 Å². The number of hydrogen-bond donors (Lipinski definition) is 2. The van der Waals surface area contributed by atoms with Crippen molar-refractivity contribution in [2.24, 2.45) is 0 Å². The fourth-order valence-electron chi connectivity index (χ4n) is 2.22. The van der Waals surface area contributed by atoms with Gasteiger partial charge in [-0.3, -0.25) is 0 Å². The van der Waals surface area contributed by atoms with Gasteiger partial charge >= 0.3 is 0 Å². The van der Waals surface area contributed by atoms with Crippen LogP contribution in [0.5, 0.6) is 0 Å². The first kappa shape index (κ1) is 11.1. The van der Waals surface area contributed by atoms with E-state index in [0.717, 1.165) is 30.0 Å². The second-order valence-electron chi connectivity index (χ2n) is 4.66. The van der Waals surface area contributed by atoms with Gasteiger partial charge in [-0.25, -0.2) is 0 Å². The van der Waals surface area contributed by atoms with E-state index in [-0.39, 0.29) is 6.10 Å². The zero-order chi connectivity index (χ0) is 12.5. The topological polar surface area (TPSA) is 64.6 Å². The van der Waals surface area contributed by atoms with Crippen molar-refractivity contribution in [1.29, 1.82) is 0 Å². The van der Waals surface area contributed by atoms with E-state index < -0.39 is 0 Å². The molecular formula is C15H16N2O. The van der Waals surface area contributed by atoms with Crippen molar-refractivity contribution < 1.29 is 4.74 Å². The maximum atomic E-state index is 5.99. The molecule has 0 aliphatic carbocycles. The Kier molecular flexibility index (Phi) is 2.68. The Hall–Kier alpha value is -2.00. The van der Waals surface area contributed by atoms with Gasteiger partial charge in [-0.15, -0.1) is 0 Å². The number of nitrogen functional groups attached to an aromatic ring is 2. The Morgan fingerprint density at radius 1 is 1.06 bits per heavy atom. The van der Waals surface area contributed by atoms with E-state index in [2.05, 4.69) is 12.1 Å². The number of anilines is 2. The highest BCUT2D eigenvalue weighted by Crippen LogP contribution is 2.33. The van der Waals surface area contributed by atoms with Crippen molar-refractivity contribution in [2.75, 3.05) is 18.1 Å². The van der Waals surface area contributed by atoms with Gasteiger partial charge in [-0.2, -0.15) is 0 Å². The summed E-state index contributed by atoms with van der Waals surface area (Å²) in [6.07, 6.45) is 1.07. The van der Waals surface area contributed by atoms with Crippen LogP contribution in [-0.2, 0) is 11.2 Å². The van der Waals surface area contributed by atoms with Crippen molar-refractivity contribution in [2.45, 2.75) is 12.5 Å². The predicted molar refractivity (Wildman–Crippen MR) is 73.2 cm³/mol. The van der Waals surface area contributed by atoms with Crippen LogP contribution in [0.1, 0.15) is 22.8 Å². The van der Waals surface area contributed by atoms with Crippen LogP contribution in [0.3, 0.4) is 0 Å². The maximum Gasteiger partial charge on any atom is 0.106 e. The van der Waals surface area contributed by atoms with Gasteiger partial charge in [0.1, 0.15) is 6.10 Å². The molecule has 92 valence electrons. The van der Waals surface area contributed by atoms with Crippen molar-refractivity contribution in [3.63, 3.8) is 0 Å². The molecule has 4 N–H and O–H groups in total. The molecule has 0 aromatic heterocycles. The molecule has 18 heavy (non-hydrogen) atoms. The van der Waals surface area contributed by atoms with E-state index in [0.29, 0.717) is 0 Å². The largest absolute Gasteiger partial charge is 0.399 e. The summed E-state index contributed by atoms with van der Waals surface area (Å²) in [7, 11) is 0. The summed E-state index contributed by atoms with van der Waals surface area (Å²) in [6, 6.07) is 14.0. The number of epoxide rings is 1. The molecule has 3 nitrogen and oxygen atoms in total. The van der Waals surface area contributed by atoms with E-state index >= 15 is 0 Å². The first-order valence-corrected chi connectivity index (χ1v) is 6.07. The zero-order valence-electron chi connectivity index (χ0n) is 10.1. The summed E-state index contributed by atoms with van der Waals surface area (Å²) in [5.74, 6) is 0. The molecule has 0 amide bonds. The fraction of sp³-hybridized carbons (Fsp3) is 0.200. The lowest BCUT2D eigenvalue weighted by molar-refractivity contribution is 0.414. The Balaban J connectivity index is 1.94. The Bertz CT molecular complexity index is 576. The van der Waals surface area contributed by atoms with Crippen LogP contribution in [0.2, 0.25) is 0 Å². The summed E-state index contributed by atoms with van der Waals surface area (Å²) in [5.41, 5.74) is 16.9. The van der Waals surface area contributed by atoms with Gasteiger partial charge < -0.3 is 16.2 Å². The first-order chi connectivity index (χ1) is 8.74. The van der Waals surface area contributed by atoms with Gasteiger partial charge in [0.05, 0.1) is 6.61 Å². The fourth-order valence-corrected chi connectivity index (χ4v) is 2.22. The van der Waals surface area contributed by atoms with Gasteiger partial charge in [-0.1, -0.05) is 24.3 Å². The third-order valence-corrected chi connectivity index (χ3v) is 3.28. The second kappa shape index (κ2) is 4.35. The van der Waals surface area contributed by atoms with E-state index in [1.807, 2.05) is 30.3 Å². The lowest BCUT2D eigenvalue weighted by Crippen LogP contribution is -2.00. The molecule has 2 aromatic rings. The molecule has 0 spiro atoms. The molecule has 3 heteroatoms. The Labute approximate surface area is 106 Å². The highest BCUT2D eigenvalue weighted by atomic mass is 16.6. The molecule has 1 saturated heterocycles. The van der Waals surface area contributed by atoms with Crippen molar-refractivity contribution in [3.8, 4) is 0 Å². The highest BCUT2D eigenvalue weighted by Gasteiger charge is 2.26. The van der Waals surface area contributed by atoms with E-state index in [1.165, 1.54) is 11.1 Å². The maximum absolute atomic E-state index is 5.99.